The molecule has 0 aromatic heterocycles. The highest BCUT2D eigenvalue weighted by Gasteiger charge is 2.22. The van der Waals surface area contributed by atoms with Gasteiger partial charge in [-0.05, 0) is 48.7 Å². The van der Waals surface area contributed by atoms with Crippen molar-refractivity contribution in [2.45, 2.75) is 38.5 Å². The Kier molecular flexibility index (Phi) is 7.41. The molecule has 5 nitrogen and oxygen atoms in total. The van der Waals surface area contributed by atoms with Gasteiger partial charge in [-0.25, -0.2) is 8.42 Å². The molecule has 0 fully saturated rings. The van der Waals surface area contributed by atoms with E-state index in [1.165, 1.54) is 10.4 Å². The molecule has 0 radical (unpaired) electrons. The van der Waals surface area contributed by atoms with Crippen molar-refractivity contribution in [3.05, 3.63) is 58.6 Å². The molecule has 0 saturated carbocycles. The summed E-state index contributed by atoms with van der Waals surface area (Å²) in [5, 5.41) is 3.49. The van der Waals surface area contributed by atoms with Crippen LogP contribution in [0, 0.1) is 6.92 Å². The van der Waals surface area contributed by atoms with Crippen molar-refractivity contribution in [2.75, 3.05) is 18.4 Å². The van der Waals surface area contributed by atoms with Gasteiger partial charge in [0.05, 0.1) is 4.90 Å². The van der Waals surface area contributed by atoms with Gasteiger partial charge in [-0.3, -0.25) is 4.79 Å². The summed E-state index contributed by atoms with van der Waals surface area (Å²) in [6.45, 7) is 6.23. The maximum absolute atomic E-state index is 12.7. The number of anilines is 1. The van der Waals surface area contributed by atoms with Gasteiger partial charge in [-0.15, -0.1) is 0 Å². The third kappa shape index (κ3) is 5.54. The second-order valence-corrected chi connectivity index (χ2v) is 8.62. The fourth-order valence-corrected chi connectivity index (χ4v) is 4.34. The van der Waals surface area contributed by atoms with Crippen LogP contribution in [-0.4, -0.2) is 31.7 Å². The van der Waals surface area contributed by atoms with Crippen molar-refractivity contribution in [1.29, 1.82) is 0 Å². The standard InChI is InChI=1S/C20H25ClN2O3S/c1-4-23(5-2)27(25,26)18-12-6-15(3)19(14-18)22-20(24)13-9-16-7-10-17(21)11-8-16/h6-8,10-12,14H,4-5,9,13H2,1-3H3,(H,22,24). The molecule has 2 aromatic carbocycles. The highest BCUT2D eigenvalue weighted by molar-refractivity contribution is 7.89. The van der Waals surface area contributed by atoms with Crippen LogP contribution in [0.25, 0.3) is 0 Å². The Balaban J connectivity index is 2.11. The van der Waals surface area contributed by atoms with E-state index in [1.54, 1.807) is 38.1 Å². The van der Waals surface area contributed by atoms with Crippen molar-refractivity contribution in [3.63, 3.8) is 0 Å². The summed E-state index contributed by atoms with van der Waals surface area (Å²) < 4.78 is 26.8. The molecule has 0 spiro atoms. The Morgan fingerprint density at radius 1 is 1.07 bits per heavy atom. The summed E-state index contributed by atoms with van der Waals surface area (Å²) in [6, 6.07) is 12.2. The number of benzene rings is 2. The predicted molar refractivity (Wildman–Crippen MR) is 110 cm³/mol. The lowest BCUT2D eigenvalue weighted by atomic mass is 10.1. The number of halogens is 1. The molecule has 0 unspecified atom stereocenters. The molecule has 0 bridgehead atoms. The van der Waals surface area contributed by atoms with Gasteiger partial charge < -0.3 is 5.32 Å². The van der Waals surface area contributed by atoms with Crippen LogP contribution in [0.4, 0.5) is 5.69 Å². The number of nitrogens with zero attached hydrogens (tertiary/aromatic N) is 1. The molecule has 27 heavy (non-hydrogen) atoms. The van der Waals surface area contributed by atoms with Gasteiger partial charge in [0.15, 0.2) is 0 Å². The van der Waals surface area contributed by atoms with Crippen molar-refractivity contribution < 1.29 is 13.2 Å². The van der Waals surface area contributed by atoms with Crippen LogP contribution in [0.15, 0.2) is 47.4 Å². The molecule has 0 aliphatic carbocycles. The van der Waals surface area contributed by atoms with Gasteiger partial charge in [0, 0.05) is 30.2 Å². The molecule has 0 heterocycles. The normalized spacial score (nSPS) is 11.6. The predicted octanol–water partition coefficient (Wildman–Crippen LogP) is 4.25. The second kappa shape index (κ2) is 9.35. The third-order valence-corrected chi connectivity index (χ3v) is 6.68. The minimum absolute atomic E-state index is 0.162. The highest BCUT2D eigenvalue weighted by atomic mass is 35.5. The minimum Gasteiger partial charge on any atom is -0.326 e. The number of amides is 1. The summed E-state index contributed by atoms with van der Waals surface area (Å²) in [5.74, 6) is -0.162. The van der Waals surface area contributed by atoms with E-state index in [2.05, 4.69) is 5.32 Å². The van der Waals surface area contributed by atoms with Gasteiger partial charge in [-0.2, -0.15) is 4.31 Å². The van der Waals surface area contributed by atoms with E-state index in [1.807, 2.05) is 19.1 Å². The number of hydrogen-bond donors (Lipinski definition) is 1. The largest absolute Gasteiger partial charge is 0.326 e. The number of carbonyl (C=O) groups is 1. The molecule has 7 heteroatoms. The molecule has 1 N–H and O–H groups in total. The fraction of sp³-hybridized carbons (Fsp3) is 0.350. The number of carbonyl (C=O) groups excluding carboxylic acids is 1. The number of sulfonamides is 1. The van der Waals surface area contributed by atoms with Gasteiger partial charge in [-0.1, -0.05) is 43.6 Å². The van der Waals surface area contributed by atoms with Gasteiger partial charge >= 0.3 is 0 Å². The lowest BCUT2D eigenvalue weighted by molar-refractivity contribution is -0.116. The Labute approximate surface area is 166 Å². The SMILES string of the molecule is CCN(CC)S(=O)(=O)c1ccc(C)c(NC(=O)CCc2ccc(Cl)cc2)c1. The maximum Gasteiger partial charge on any atom is 0.243 e. The Morgan fingerprint density at radius 2 is 1.70 bits per heavy atom. The Hall–Kier alpha value is -1.89. The second-order valence-electron chi connectivity index (χ2n) is 6.24. The van der Waals surface area contributed by atoms with Crippen molar-refractivity contribution in [3.8, 4) is 0 Å². The molecule has 0 atom stereocenters. The lowest BCUT2D eigenvalue weighted by Crippen LogP contribution is -2.30. The molecule has 2 rings (SSSR count). The summed E-state index contributed by atoms with van der Waals surface area (Å²) in [4.78, 5) is 12.5. The molecule has 0 aliphatic rings. The van der Waals surface area contributed by atoms with E-state index in [4.69, 9.17) is 11.6 Å². The van der Waals surface area contributed by atoms with E-state index >= 15 is 0 Å². The first-order valence-electron chi connectivity index (χ1n) is 8.93. The minimum atomic E-state index is -3.57. The fourth-order valence-electron chi connectivity index (χ4n) is 2.73. The highest BCUT2D eigenvalue weighted by Crippen LogP contribution is 2.23. The molecule has 0 aliphatic heterocycles. The topological polar surface area (TPSA) is 66.5 Å². The average Bonchev–Trinajstić information content (AvgIpc) is 2.63. The maximum atomic E-state index is 12.7. The smallest absolute Gasteiger partial charge is 0.243 e. The Morgan fingerprint density at radius 3 is 2.30 bits per heavy atom. The van der Waals surface area contributed by atoms with E-state index in [-0.39, 0.29) is 10.8 Å². The third-order valence-electron chi connectivity index (χ3n) is 4.38. The summed E-state index contributed by atoms with van der Waals surface area (Å²) in [5.41, 5.74) is 2.35. The van der Waals surface area contributed by atoms with Gasteiger partial charge in [0.2, 0.25) is 15.9 Å². The lowest BCUT2D eigenvalue weighted by Gasteiger charge is -2.19. The van der Waals surface area contributed by atoms with Crippen LogP contribution in [0.3, 0.4) is 0 Å². The van der Waals surface area contributed by atoms with E-state index in [0.717, 1.165) is 11.1 Å². The quantitative estimate of drug-likeness (QED) is 0.710. The number of aryl methyl sites for hydroxylation is 2. The number of rotatable bonds is 8. The molecule has 2 aromatic rings. The van der Waals surface area contributed by atoms with Gasteiger partial charge in [0.1, 0.15) is 0 Å². The summed E-state index contributed by atoms with van der Waals surface area (Å²) in [6.07, 6.45) is 0.883. The summed E-state index contributed by atoms with van der Waals surface area (Å²) >= 11 is 5.86. The number of nitrogens with one attached hydrogen (secondary N) is 1. The van der Waals surface area contributed by atoms with Crippen LogP contribution in [-0.2, 0) is 21.2 Å². The van der Waals surface area contributed by atoms with Crippen molar-refractivity contribution in [1.82, 2.24) is 4.31 Å². The van der Waals surface area contributed by atoms with Crippen molar-refractivity contribution >= 4 is 33.2 Å². The zero-order valence-corrected chi connectivity index (χ0v) is 17.4. The van der Waals surface area contributed by atoms with Crippen LogP contribution in [0.1, 0.15) is 31.4 Å². The number of hydrogen-bond acceptors (Lipinski definition) is 3. The van der Waals surface area contributed by atoms with Gasteiger partial charge in [0.25, 0.3) is 0 Å². The van der Waals surface area contributed by atoms with E-state index in [0.29, 0.717) is 36.6 Å². The van der Waals surface area contributed by atoms with E-state index < -0.39 is 10.0 Å². The molecule has 1 amide bonds. The van der Waals surface area contributed by atoms with Crippen LogP contribution in [0.2, 0.25) is 5.02 Å². The molecule has 0 saturated heterocycles. The van der Waals surface area contributed by atoms with Crippen LogP contribution < -0.4 is 5.32 Å². The van der Waals surface area contributed by atoms with Crippen LogP contribution in [0.5, 0.6) is 0 Å². The Bertz CT molecular complexity index is 892. The molecular formula is C20H25ClN2O3S. The zero-order valence-electron chi connectivity index (χ0n) is 15.8. The van der Waals surface area contributed by atoms with E-state index in [9.17, 15) is 13.2 Å². The first-order chi connectivity index (χ1) is 12.8. The molecule has 146 valence electrons. The first kappa shape index (κ1) is 21.4. The summed E-state index contributed by atoms with van der Waals surface area (Å²) in [7, 11) is -3.57. The average molecular weight is 409 g/mol. The van der Waals surface area contributed by atoms with Crippen molar-refractivity contribution in [2.24, 2.45) is 0 Å². The first-order valence-corrected chi connectivity index (χ1v) is 10.7. The zero-order chi connectivity index (χ0) is 20.0. The monoisotopic (exact) mass is 408 g/mol. The van der Waals surface area contributed by atoms with Crippen LogP contribution >= 0.6 is 11.6 Å². The molecular weight excluding hydrogens is 384 g/mol.